The van der Waals surface area contributed by atoms with Crippen molar-refractivity contribution in [2.45, 2.75) is 121 Å². The normalized spacial score (nSPS) is 28.5. The SMILES string of the molecule is CCCCCC1(C(=O)O)CCCCCCN1C1CCCCCCC1. The van der Waals surface area contributed by atoms with Crippen molar-refractivity contribution in [3.05, 3.63) is 0 Å². The van der Waals surface area contributed by atoms with Crippen LogP contribution in [-0.2, 0) is 4.79 Å². The Kier molecular flexibility index (Phi) is 8.58. The summed E-state index contributed by atoms with van der Waals surface area (Å²) >= 11 is 0. The summed E-state index contributed by atoms with van der Waals surface area (Å²) in [4.78, 5) is 15.0. The van der Waals surface area contributed by atoms with Crippen molar-refractivity contribution >= 4 is 5.97 Å². The minimum absolute atomic E-state index is 0.501. The Hall–Kier alpha value is -0.570. The van der Waals surface area contributed by atoms with Crippen molar-refractivity contribution in [3.63, 3.8) is 0 Å². The summed E-state index contributed by atoms with van der Waals surface area (Å²) < 4.78 is 0. The fourth-order valence-electron chi connectivity index (χ4n) is 4.96. The molecule has 0 aromatic rings. The number of nitrogens with zero attached hydrogens (tertiary/aromatic N) is 1. The summed E-state index contributed by atoms with van der Waals surface area (Å²) in [5.74, 6) is -0.539. The van der Waals surface area contributed by atoms with Crippen LogP contribution in [0.4, 0.5) is 0 Å². The van der Waals surface area contributed by atoms with Crippen LogP contribution in [0.25, 0.3) is 0 Å². The van der Waals surface area contributed by atoms with Gasteiger partial charge >= 0.3 is 5.97 Å². The molecule has 24 heavy (non-hydrogen) atoms. The lowest BCUT2D eigenvalue weighted by Gasteiger charge is -2.47. The maximum Gasteiger partial charge on any atom is 0.324 e. The Bertz CT molecular complexity index is 363. The molecule has 1 saturated carbocycles. The van der Waals surface area contributed by atoms with E-state index in [0.717, 1.165) is 38.6 Å². The van der Waals surface area contributed by atoms with Crippen LogP contribution < -0.4 is 0 Å². The summed E-state index contributed by atoms with van der Waals surface area (Å²) in [5.41, 5.74) is -0.584. The van der Waals surface area contributed by atoms with Gasteiger partial charge in [0, 0.05) is 6.04 Å². The molecular weight excluding hydrogens is 298 g/mol. The third kappa shape index (κ3) is 5.21. The molecule has 2 fully saturated rings. The topological polar surface area (TPSA) is 40.5 Å². The highest BCUT2D eigenvalue weighted by Gasteiger charge is 2.46. The summed E-state index contributed by atoms with van der Waals surface area (Å²) in [6, 6.07) is 0.501. The quantitative estimate of drug-likeness (QED) is 0.626. The Balaban J connectivity index is 2.21. The molecule has 1 atom stereocenters. The number of likely N-dealkylation sites (tertiary alicyclic amines) is 1. The zero-order valence-electron chi connectivity index (χ0n) is 15.9. The van der Waals surface area contributed by atoms with Crippen LogP contribution in [0.2, 0.25) is 0 Å². The number of rotatable bonds is 6. The molecule has 1 aliphatic heterocycles. The molecule has 0 bridgehead atoms. The third-order valence-electron chi connectivity index (χ3n) is 6.40. The van der Waals surface area contributed by atoms with Crippen LogP contribution in [0.5, 0.6) is 0 Å². The largest absolute Gasteiger partial charge is 0.480 e. The first-order valence-corrected chi connectivity index (χ1v) is 10.7. The molecule has 1 aliphatic carbocycles. The molecule has 1 heterocycles. The second-order valence-electron chi connectivity index (χ2n) is 8.15. The zero-order valence-corrected chi connectivity index (χ0v) is 15.9. The molecular formula is C21H39NO2. The molecule has 2 rings (SSSR count). The lowest BCUT2D eigenvalue weighted by Crippen LogP contribution is -2.59. The molecule has 0 aromatic heterocycles. The highest BCUT2D eigenvalue weighted by atomic mass is 16.4. The van der Waals surface area contributed by atoms with Gasteiger partial charge in [-0.2, -0.15) is 0 Å². The number of hydrogen-bond donors (Lipinski definition) is 1. The number of aliphatic carboxylic acids is 1. The highest BCUT2D eigenvalue weighted by Crippen LogP contribution is 2.37. The van der Waals surface area contributed by atoms with Crippen LogP contribution >= 0.6 is 0 Å². The Morgan fingerprint density at radius 1 is 0.958 bits per heavy atom. The molecule has 1 unspecified atom stereocenters. The summed E-state index contributed by atoms with van der Waals surface area (Å²) in [6.07, 6.45) is 18.9. The Morgan fingerprint density at radius 3 is 2.25 bits per heavy atom. The van der Waals surface area contributed by atoms with Crippen molar-refractivity contribution in [2.24, 2.45) is 0 Å². The second-order valence-corrected chi connectivity index (χ2v) is 8.15. The van der Waals surface area contributed by atoms with Gasteiger partial charge in [-0.15, -0.1) is 0 Å². The molecule has 1 saturated heterocycles. The second kappa shape index (κ2) is 10.4. The van der Waals surface area contributed by atoms with E-state index in [4.69, 9.17) is 0 Å². The molecule has 140 valence electrons. The predicted octanol–water partition coefficient (Wildman–Crippen LogP) is 5.77. The van der Waals surface area contributed by atoms with Gasteiger partial charge in [-0.05, 0) is 38.6 Å². The summed E-state index contributed by atoms with van der Waals surface area (Å²) in [6.45, 7) is 3.21. The van der Waals surface area contributed by atoms with Crippen molar-refractivity contribution in [1.29, 1.82) is 0 Å². The Morgan fingerprint density at radius 2 is 1.58 bits per heavy atom. The summed E-state index contributed by atoms with van der Waals surface area (Å²) in [5, 5.41) is 10.3. The summed E-state index contributed by atoms with van der Waals surface area (Å²) in [7, 11) is 0. The van der Waals surface area contributed by atoms with Gasteiger partial charge in [0.2, 0.25) is 0 Å². The van der Waals surface area contributed by atoms with E-state index in [1.54, 1.807) is 0 Å². The van der Waals surface area contributed by atoms with Gasteiger partial charge in [0.25, 0.3) is 0 Å². The first kappa shape index (κ1) is 19.8. The van der Waals surface area contributed by atoms with E-state index in [1.165, 1.54) is 70.6 Å². The fraction of sp³-hybridized carbons (Fsp3) is 0.952. The Labute approximate surface area is 149 Å². The van der Waals surface area contributed by atoms with E-state index in [0.29, 0.717) is 6.04 Å². The lowest BCUT2D eigenvalue weighted by molar-refractivity contribution is -0.156. The number of hydrogen-bond acceptors (Lipinski definition) is 2. The first-order chi connectivity index (χ1) is 11.7. The number of carboxylic acids is 1. The zero-order chi connectivity index (χ0) is 17.3. The van der Waals surface area contributed by atoms with Crippen LogP contribution in [0.1, 0.15) is 110 Å². The maximum atomic E-state index is 12.5. The first-order valence-electron chi connectivity index (χ1n) is 10.7. The molecule has 1 N–H and O–H groups in total. The number of carbonyl (C=O) groups is 1. The molecule has 2 aliphatic rings. The average Bonchev–Trinajstić information content (AvgIpc) is 2.50. The number of unbranched alkanes of at least 4 members (excludes halogenated alkanes) is 2. The third-order valence-corrected chi connectivity index (χ3v) is 6.40. The van der Waals surface area contributed by atoms with Gasteiger partial charge in [0.1, 0.15) is 5.54 Å². The molecule has 3 heteroatoms. The van der Waals surface area contributed by atoms with Crippen molar-refractivity contribution in [1.82, 2.24) is 4.90 Å². The van der Waals surface area contributed by atoms with Gasteiger partial charge < -0.3 is 5.11 Å². The van der Waals surface area contributed by atoms with Crippen LogP contribution in [-0.4, -0.2) is 34.1 Å². The molecule has 0 aromatic carbocycles. The van der Waals surface area contributed by atoms with Crippen molar-refractivity contribution in [2.75, 3.05) is 6.54 Å². The molecule has 3 nitrogen and oxygen atoms in total. The maximum absolute atomic E-state index is 12.5. The van der Waals surface area contributed by atoms with Crippen molar-refractivity contribution in [3.8, 4) is 0 Å². The molecule has 0 radical (unpaired) electrons. The van der Waals surface area contributed by atoms with Gasteiger partial charge in [-0.3, -0.25) is 9.69 Å². The van der Waals surface area contributed by atoms with Crippen LogP contribution in [0, 0.1) is 0 Å². The lowest BCUT2D eigenvalue weighted by atomic mass is 9.80. The smallest absolute Gasteiger partial charge is 0.324 e. The fourth-order valence-corrected chi connectivity index (χ4v) is 4.96. The van der Waals surface area contributed by atoms with Gasteiger partial charge in [0.05, 0.1) is 0 Å². The van der Waals surface area contributed by atoms with E-state index in [-0.39, 0.29) is 0 Å². The minimum atomic E-state index is -0.584. The van der Waals surface area contributed by atoms with Gasteiger partial charge in [-0.1, -0.05) is 77.6 Å². The van der Waals surface area contributed by atoms with Crippen LogP contribution in [0.15, 0.2) is 0 Å². The van der Waals surface area contributed by atoms with Crippen LogP contribution in [0.3, 0.4) is 0 Å². The van der Waals surface area contributed by atoms with E-state index < -0.39 is 11.5 Å². The van der Waals surface area contributed by atoms with Gasteiger partial charge in [0.15, 0.2) is 0 Å². The standard InChI is InChI=1S/C21H39NO2/c1-2-3-11-16-21(20(23)24)17-12-7-8-13-18-22(21)19-14-9-5-4-6-10-15-19/h19H,2-18H2,1H3,(H,23,24). The monoisotopic (exact) mass is 337 g/mol. The highest BCUT2D eigenvalue weighted by molar-refractivity contribution is 5.79. The predicted molar refractivity (Wildman–Crippen MR) is 100 cm³/mol. The van der Waals surface area contributed by atoms with Crippen molar-refractivity contribution < 1.29 is 9.90 Å². The molecule has 0 spiro atoms. The van der Waals surface area contributed by atoms with E-state index in [9.17, 15) is 9.90 Å². The average molecular weight is 338 g/mol. The minimum Gasteiger partial charge on any atom is -0.480 e. The number of carboxylic acid groups (broad SMARTS) is 1. The van der Waals surface area contributed by atoms with E-state index >= 15 is 0 Å². The molecule has 0 amide bonds. The van der Waals surface area contributed by atoms with E-state index in [2.05, 4.69) is 11.8 Å². The van der Waals surface area contributed by atoms with E-state index in [1.807, 2.05) is 0 Å². The van der Waals surface area contributed by atoms with Gasteiger partial charge in [-0.25, -0.2) is 0 Å².